The lowest BCUT2D eigenvalue weighted by atomic mass is 10.5. The van der Waals surface area contributed by atoms with Crippen molar-refractivity contribution in [2.45, 2.75) is 0 Å². The van der Waals surface area contributed by atoms with Gasteiger partial charge < -0.3 is 4.74 Å². The van der Waals surface area contributed by atoms with Crippen LogP contribution in [0.3, 0.4) is 0 Å². The first-order valence-electron chi connectivity index (χ1n) is 2.70. The summed E-state index contributed by atoms with van der Waals surface area (Å²) in [5, 5.41) is 3.54. The predicted octanol–water partition coefficient (Wildman–Crippen LogP) is 0.0626. The van der Waals surface area contributed by atoms with Crippen molar-refractivity contribution in [3.63, 3.8) is 0 Å². The van der Waals surface area contributed by atoms with Crippen molar-refractivity contribution in [1.29, 1.82) is 0 Å². The summed E-state index contributed by atoms with van der Waals surface area (Å²) in [6.07, 6.45) is 1.49. The monoisotopic (exact) mass is 168 g/mol. The van der Waals surface area contributed by atoms with Crippen LogP contribution in [0.25, 0.3) is 0 Å². The Hall–Kier alpha value is -1.41. The number of hydrogen-bond donors (Lipinski definition) is 0. The summed E-state index contributed by atoms with van der Waals surface area (Å²) >= 11 is 1.13. The molecule has 0 atom stereocenters. The van der Waals surface area contributed by atoms with Gasteiger partial charge in [0.15, 0.2) is 0 Å². The fourth-order valence-corrected chi connectivity index (χ4v) is 0.759. The smallest absolute Gasteiger partial charge is 0.384 e. The summed E-state index contributed by atoms with van der Waals surface area (Å²) in [5.41, 5.74) is 0. The first-order chi connectivity index (χ1) is 5.33. The molecular formula is C6H4N2O2S. The van der Waals surface area contributed by atoms with Gasteiger partial charge in [0.2, 0.25) is 0 Å². The van der Waals surface area contributed by atoms with E-state index in [1.165, 1.54) is 13.3 Å². The van der Waals surface area contributed by atoms with Crippen molar-refractivity contribution in [2.24, 2.45) is 0 Å². The zero-order valence-corrected chi connectivity index (χ0v) is 6.51. The molecule has 0 fully saturated rings. The van der Waals surface area contributed by atoms with Gasteiger partial charge in [-0.3, -0.25) is 0 Å². The van der Waals surface area contributed by atoms with Crippen molar-refractivity contribution >= 4 is 17.5 Å². The van der Waals surface area contributed by atoms with Gasteiger partial charge in [0.05, 0.1) is 13.3 Å². The summed E-state index contributed by atoms with van der Waals surface area (Å²) in [6, 6.07) is 0. The third-order valence-electron chi connectivity index (χ3n) is 0.834. The van der Waals surface area contributed by atoms with Gasteiger partial charge in [-0.2, -0.15) is 0 Å². The van der Waals surface area contributed by atoms with Crippen LogP contribution >= 0.6 is 11.5 Å². The van der Waals surface area contributed by atoms with Crippen LogP contribution < -0.4 is 0 Å². The van der Waals surface area contributed by atoms with Crippen LogP contribution in [0.4, 0.5) is 0 Å². The lowest BCUT2D eigenvalue weighted by Gasteiger charge is -1.82. The molecule has 0 unspecified atom stereocenters. The number of esters is 1. The lowest BCUT2D eigenvalue weighted by molar-refractivity contribution is -0.133. The van der Waals surface area contributed by atoms with E-state index in [1.54, 1.807) is 0 Å². The van der Waals surface area contributed by atoms with Gasteiger partial charge in [0, 0.05) is 5.92 Å². The Bertz CT molecular complexity index is 296. The van der Waals surface area contributed by atoms with E-state index in [0.29, 0.717) is 4.88 Å². The van der Waals surface area contributed by atoms with E-state index < -0.39 is 5.97 Å². The molecular weight excluding hydrogens is 164 g/mol. The molecule has 0 bridgehead atoms. The van der Waals surface area contributed by atoms with Crippen molar-refractivity contribution in [3.05, 3.63) is 11.1 Å². The Morgan fingerprint density at radius 1 is 1.82 bits per heavy atom. The summed E-state index contributed by atoms with van der Waals surface area (Å²) in [5.74, 6) is 4.24. The number of hydrogen-bond acceptors (Lipinski definition) is 5. The molecule has 4 nitrogen and oxygen atoms in total. The molecule has 0 aliphatic heterocycles. The second kappa shape index (κ2) is 3.68. The summed E-state index contributed by atoms with van der Waals surface area (Å²) in [6.45, 7) is 0. The van der Waals surface area contributed by atoms with Crippen LogP contribution in [-0.2, 0) is 9.53 Å². The minimum atomic E-state index is -0.557. The molecule has 1 rings (SSSR count). The Morgan fingerprint density at radius 3 is 3.18 bits per heavy atom. The largest absolute Gasteiger partial charge is 0.459 e. The Morgan fingerprint density at radius 2 is 2.64 bits per heavy atom. The second-order valence-corrected chi connectivity index (χ2v) is 2.31. The number of aromatic nitrogens is 2. The second-order valence-electron chi connectivity index (χ2n) is 1.52. The first-order valence-corrected chi connectivity index (χ1v) is 3.47. The van der Waals surface area contributed by atoms with Crippen LogP contribution in [0.2, 0.25) is 0 Å². The molecule has 0 aromatic carbocycles. The van der Waals surface area contributed by atoms with Gasteiger partial charge in [-0.15, -0.1) is 5.10 Å². The topological polar surface area (TPSA) is 52.1 Å². The van der Waals surface area contributed by atoms with Crippen molar-refractivity contribution < 1.29 is 9.53 Å². The quantitative estimate of drug-likeness (QED) is 0.406. The van der Waals surface area contributed by atoms with Gasteiger partial charge in [-0.05, 0) is 17.5 Å². The third-order valence-corrected chi connectivity index (χ3v) is 1.41. The van der Waals surface area contributed by atoms with E-state index in [2.05, 4.69) is 26.2 Å². The highest BCUT2D eigenvalue weighted by molar-refractivity contribution is 7.06. The average molecular weight is 168 g/mol. The van der Waals surface area contributed by atoms with Crippen LogP contribution in [0, 0.1) is 11.8 Å². The third kappa shape index (κ3) is 2.35. The highest BCUT2D eigenvalue weighted by atomic mass is 32.1. The van der Waals surface area contributed by atoms with E-state index in [-0.39, 0.29) is 0 Å². The molecule has 0 amide bonds. The standard InChI is InChI=1S/C6H4N2O2S/c1-10-6(9)3-2-5-4-7-8-11-5/h4H,1H3. The normalized spacial score (nSPS) is 8.09. The first kappa shape index (κ1) is 7.69. The molecule has 0 aliphatic rings. The van der Waals surface area contributed by atoms with Crippen LogP contribution in [0.1, 0.15) is 4.88 Å². The molecule has 0 saturated carbocycles. The van der Waals surface area contributed by atoms with Crippen molar-refractivity contribution in [3.8, 4) is 11.8 Å². The molecule has 5 heteroatoms. The average Bonchev–Trinajstić information content (AvgIpc) is 2.52. The zero-order chi connectivity index (χ0) is 8.10. The van der Waals surface area contributed by atoms with E-state index >= 15 is 0 Å². The summed E-state index contributed by atoms with van der Waals surface area (Å²) < 4.78 is 7.86. The maximum atomic E-state index is 10.5. The molecule has 0 N–H and O–H groups in total. The minimum Gasteiger partial charge on any atom is -0.459 e. The highest BCUT2D eigenvalue weighted by Gasteiger charge is 1.91. The zero-order valence-electron chi connectivity index (χ0n) is 5.70. The molecule has 1 heterocycles. The van der Waals surface area contributed by atoms with E-state index in [4.69, 9.17) is 0 Å². The van der Waals surface area contributed by atoms with Crippen LogP contribution in [0.5, 0.6) is 0 Å². The number of methoxy groups -OCH3 is 1. The molecule has 0 radical (unpaired) electrons. The number of carbonyl (C=O) groups excluding carboxylic acids is 1. The number of nitrogens with zero attached hydrogens (tertiary/aromatic N) is 2. The Kier molecular flexibility index (Phi) is 2.58. The number of rotatable bonds is 0. The van der Waals surface area contributed by atoms with Gasteiger partial charge in [0.25, 0.3) is 0 Å². The lowest BCUT2D eigenvalue weighted by Crippen LogP contribution is -1.93. The molecule has 1 aromatic rings. The van der Waals surface area contributed by atoms with Crippen molar-refractivity contribution in [1.82, 2.24) is 9.59 Å². The molecule has 0 saturated heterocycles. The fraction of sp³-hybridized carbons (Fsp3) is 0.167. The number of carbonyl (C=O) groups is 1. The Balaban J connectivity index is 2.66. The molecule has 11 heavy (non-hydrogen) atoms. The SMILES string of the molecule is COC(=O)C#Cc1cnns1. The molecule has 1 aromatic heterocycles. The van der Waals surface area contributed by atoms with Crippen LogP contribution in [0.15, 0.2) is 6.20 Å². The summed E-state index contributed by atoms with van der Waals surface area (Å²) in [7, 11) is 1.28. The van der Waals surface area contributed by atoms with E-state index in [9.17, 15) is 4.79 Å². The van der Waals surface area contributed by atoms with Gasteiger partial charge in [-0.1, -0.05) is 4.49 Å². The predicted molar refractivity (Wildman–Crippen MR) is 38.8 cm³/mol. The number of ether oxygens (including phenoxy) is 1. The molecule has 0 aliphatic carbocycles. The van der Waals surface area contributed by atoms with Crippen LogP contribution in [-0.4, -0.2) is 22.7 Å². The Labute approximate surface area is 67.4 Å². The van der Waals surface area contributed by atoms with E-state index in [1.807, 2.05) is 0 Å². The maximum absolute atomic E-state index is 10.5. The maximum Gasteiger partial charge on any atom is 0.384 e. The van der Waals surface area contributed by atoms with Gasteiger partial charge in [-0.25, -0.2) is 4.79 Å². The summed E-state index contributed by atoms with van der Waals surface area (Å²) in [4.78, 5) is 11.1. The highest BCUT2D eigenvalue weighted by Crippen LogP contribution is 1.97. The van der Waals surface area contributed by atoms with Crippen molar-refractivity contribution in [2.75, 3.05) is 7.11 Å². The molecule has 56 valence electrons. The molecule has 0 spiro atoms. The fourth-order valence-electron chi connectivity index (χ4n) is 0.386. The van der Waals surface area contributed by atoms with E-state index in [0.717, 1.165) is 11.5 Å². The van der Waals surface area contributed by atoms with Gasteiger partial charge in [0.1, 0.15) is 4.88 Å². The minimum absolute atomic E-state index is 0.557. The van der Waals surface area contributed by atoms with Gasteiger partial charge >= 0.3 is 5.97 Å².